The Kier molecular flexibility index (Phi) is 4.91. The Morgan fingerprint density at radius 2 is 2.00 bits per heavy atom. The van der Waals surface area contributed by atoms with Crippen molar-refractivity contribution in [3.8, 4) is 0 Å². The largest absolute Gasteiger partial charge is 0.265 e. The molecule has 0 aliphatic heterocycles. The van der Waals surface area contributed by atoms with E-state index < -0.39 is 11.0 Å². The van der Waals surface area contributed by atoms with Gasteiger partial charge in [-0.1, -0.05) is 6.92 Å². The summed E-state index contributed by atoms with van der Waals surface area (Å²) in [5, 5.41) is 5.41. The quantitative estimate of drug-likeness (QED) is 0.830. The molecule has 3 atom stereocenters. The molecule has 1 heterocycles. The van der Waals surface area contributed by atoms with Crippen molar-refractivity contribution < 1.29 is 4.21 Å². The van der Waals surface area contributed by atoms with Crippen molar-refractivity contribution in [2.45, 2.75) is 31.9 Å². The average Bonchev–Trinajstić information content (AvgIpc) is 2.18. The molecule has 4 heteroatoms. The molecular weight excluding hydrogens is 208 g/mol. The zero-order chi connectivity index (χ0) is 11.3. The molecule has 15 heavy (non-hydrogen) atoms. The maximum Gasteiger partial charge on any atom is 0.0916 e. The van der Waals surface area contributed by atoms with Gasteiger partial charge in [0, 0.05) is 17.6 Å². The summed E-state index contributed by atoms with van der Waals surface area (Å²) in [6.07, 6.45) is 5.48. The molecule has 0 amide bonds. The van der Waals surface area contributed by atoms with Crippen LogP contribution in [0.5, 0.6) is 0 Å². The third-order valence-electron chi connectivity index (χ3n) is 2.46. The van der Waals surface area contributed by atoms with Crippen LogP contribution in [0.25, 0.3) is 0 Å². The molecule has 1 aromatic heterocycles. The van der Waals surface area contributed by atoms with Crippen LogP contribution in [-0.4, -0.2) is 14.4 Å². The maximum absolute atomic E-state index is 11.0. The maximum atomic E-state index is 11.0. The minimum absolute atomic E-state index is 0.0711. The third-order valence-corrected chi connectivity index (χ3v) is 3.45. The van der Waals surface area contributed by atoms with Gasteiger partial charge >= 0.3 is 0 Å². The van der Waals surface area contributed by atoms with Crippen LogP contribution in [0.3, 0.4) is 0 Å². The van der Waals surface area contributed by atoms with Crippen LogP contribution < -0.4 is 5.14 Å². The van der Waals surface area contributed by atoms with Crippen LogP contribution in [0, 0.1) is 5.92 Å². The number of hydrogen-bond donors (Lipinski definition) is 1. The van der Waals surface area contributed by atoms with Gasteiger partial charge in [-0.2, -0.15) is 0 Å². The fourth-order valence-corrected chi connectivity index (χ4v) is 2.18. The van der Waals surface area contributed by atoms with Crippen molar-refractivity contribution in [1.29, 1.82) is 0 Å². The fourth-order valence-electron chi connectivity index (χ4n) is 1.67. The average molecular weight is 226 g/mol. The van der Waals surface area contributed by atoms with E-state index >= 15 is 0 Å². The summed E-state index contributed by atoms with van der Waals surface area (Å²) in [4.78, 5) is 3.97. The summed E-state index contributed by atoms with van der Waals surface area (Å²) in [5.41, 5.74) is 1.27. The highest BCUT2D eigenvalue weighted by molar-refractivity contribution is 7.83. The molecule has 2 unspecified atom stereocenters. The van der Waals surface area contributed by atoms with E-state index in [4.69, 9.17) is 5.14 Å². The smallest absolute Gasteiger partial charge is 0.0916 e. The fraction of sp³-hybridized carbons (Fsp3) is 0.545. The van der Waals surface area contributed by atoms with Gasteiger partial charge in [0.2, 0.25) is 0 Å². The van der Waals surface area contributed by atoms with E-state index in [2.05, 4.69) is 11.9 Å². The van der Waals surface area contributed by atoms with Crippen LogP contribution in [0.1, 0.15) is 25.8 Å². The lowest BCUT2D eigenvalue weighted by Crippen LogP contribution is -2.21. The SMILES string of the molecule is CC(C[C@@H](C)Cc1ccncc1)S(N)=O. The molecule has 84 valence electrons. The van der Waals surface area contributed by atoms with Gasteiger partial charge < -0.3 is 0 Å². The van der Waals surface area contributed by atoms with Gasteiger partial charge in [-0.3, -0.25) is 10.1 Å². The molecular formula is C11H18N2OS. The normalized spacial score (nSPS) is 17.0. The number of nitrogens with two attached hydrogens (primary N) is 1. The summed E-state index contributed by atoms with van der Waals surface area (Å²) in [7, 11) is -1.20. The Morgan fingerprint density at radius 3 is 2.53 bits per heavy atom. The van der Waals surface area contributed by atoms with Crippen LogP contribution in [-0.2, 0) is 17.4 Å². The Hall–Kier alpha value is -0.740. The highest BCUT2D eigenvalue weighted by atomic mass is 32.2. The van der Waals surface area contributed by atoms with E-state index in [0.29, 0.717) is 5.92 Å². The van der Waals surface area contributed by atoms with Crippen LogP contribution in [0.2, 0.25) is 0 Å². The standard InChI is InChI=1S/C11H18N2OS/c1-9(7-10(2)15(12)14)8-11-3-5-13-6-4-11/h3-6,9-10H,7-8,12H2,1-2H3/t9-,10?,15?/m1/s1. The zero-order valence-electron chi connectivity index (χ0n) is 9.22. The van der Waals surface area contributed by atoms with Gasteiger partial charge in [-0.05, 0) is 43.4 Å². The lowest BCUT2D eigenvalue weighted by Gasteiger charge is -2.14. The van der Waals surface area contributed by atoms with Gasteiger partial charge in [0.1, 0.15) is 0 Å². The first kappa shape index (κ1) is 12.3. The molecule has 0 fully saturated rings. The second kappa shape index (κ2) is 5.98. The number of aromatic nitrogens is 1. The Labute approximate surface area is 93.7 Å². The summed E-state index contributed by atoms with van der Waals surface area (Å²) in [6.45, 7) is 4.09. The summed E-state index contributed by atoms with van der Waals surface area (Å²) < 4.78 is 11.0. The van der Waals surface area contributed by atoms with Gasteiger partial charge in [0.05, 0.1) is 11.0 Å². The van der Waals surface area contributed by atoms with Crippen LogP contribution >= 0.6 is 0 Å². The summed E-state index contributed by atoms with van der Waals surface area (Å²) in [5.74, 6) is 0.495. The Morgan fingerprint density at radius 1 is 1.40 bits per heavy atom. The molecule has 0 bridgehead atoms. The molecule has 0 saturated heterocycles. The van der Waals surface area contributed by atoms with E-state index in [1.807, 2.05) is 19.1 Å². The number of pyridine rings is 1. The van der Waals surface area contributed by atoms with Gasteiger partial charge in [0.25, 0.3) is 0 Å². The summed E-state index contributed by atoms with van der Waals surface area (Å²) >= 11 is 0. The first-order chi connectivity index (χ1) is 7.09. The van der Waals surface area contributed by atoms with Crippen molar-refractivity contribution in [2.24, 2.45) is 11.1 Å². The number of nitrogens with zero attached hydrogens (tertiary/aromatic N) is 1. The highest BCUT2D eigenvalue weighted by Crippen LogP contribution is 2.14. The monoisotopic (exact) mass is 226 g/mol. The first-order valence-corrected chi connectivity index (χ1v) is 6.41. The first-order valence-electron chi connectivity index (χ1n) is 5.13. The Balaban J connectivity index is 2.43. The van der Waals surface area contributed by atoms with Crippen molar-refractivity contribution in [1.82, 2.24) is 4.98 Å². The van der Waals surface area contributed by atoms with Crippen LogP contribution in [0.4, 0.5) is 0 Å². The van der Waals surface area contributed by atoms with E-state index in [1.165, 1.54) is 5.56 Å². The summed E-state index contributed by atoms with van der Waals surface area (Å²) in [6, 6.07) is 4.03. The van der Waals surface area contributed by atoms with Crippen LogP contribution in [0.15, 0.2) is 24.5 Å². The predicted molar refractivity (Wildman–Crippen MR) is 63.5 cm³/mol. The number of hydrogen-bond acceptors (Lipinski definition) is 2. The Bertz CT molecular complexity index is 316. The molecule has 2 N–H and O–H groups in total. The van der Waals surface area contributed by atoms with Crippen molar-refractivity contribution >= 4 is 11.0 Å². The lowest BCUT2D eigenvalue weighted by molar-refractivity contribution is 0.522. The van der Waals surface area contributed by atoms with Gasteiger partial charge in [-0.25, -0.2) is 4.21 Å². The molecule has 0 aromatic carbocycles. The second-order valence-electron chi connectivity index (χ2n) is 4.04. The van der Waals surface area contributed by atoms with Crippen molar-refractivity contribution in [3.63, 3.8) is 0 Å². The topological polar surface area (TPSA) is 56.0 Å². The van der Waals surface area contributed by atoms with E-state index in [0.717, 1.165) is 12.8 Å². The molecule has 0 aliphatic carbocycles. The zero-order valence-corrected chi connectivity index (χ0v) is 10.0. The predicted octanol–water partition coefficient (Wildman–Crippen LogP) is 1.66. The van der Waals surface area contributed by atoms with E-state index in [9.17, 15) is 4.21 Å². The van der Waals surface area contributed by atoms with E-state index in [1.54, 1.807) is 12.4 Å². The minimum atomic E-state index is -1.20. The number of rotatable bonds is 5. The molecule has 0 spiro atoms. The van der Waals surface area contributed by atoms with Gasteiger partial charge in [0.15, 0.2) is 0 Å². The molecule has 3 nitrogen and oxygen atoms in total. The van der Waals surface area contributed by atoms with Gasteiger partial charge in [-0.15, -0.1) is 0 Å². The third kappa shape index (κ3) is 4.53. The second-order valence-corrected chi connectivity index (χ2v) is 5.50. The lowest BCUT2D eigenvalue weighted by atomic mass is 9.97. The molecule has 0 aliphatic rings. The molecule has 0 radical (unpaired) electrons. The molecule has 1 aromatic rings. The van der Waals surface area contributed by atoms with Crippen molar-refractivity contribution in [2.75, 3.05) is 0 Å². The van der Waals surface area contributed by atoms with Crippen molar-refractivity contribution in [3.05, 3.63) is 30.1 Å². The van der Waals surface area contributed by atoms with E-state index in [-0.39, 0.29) is 5.25 Å². The minimum Gasteiger partial charge on any atom is -0.265 e. The molecule has 0 saturated carbocycles. The highest BCUT2D eigenvalue weighted by Gasteiger charge is 2.12. The molecule has 1 rings (SSSR count).